The second-order valence-corrected chi connectivity index (χ2v) is 7.21. The topological polar surface area (TPSA) is 111 Å². The number of nitrogens with two attached hydrogens (primary N) is 1. The smallest absolute Gasteiger partial charge is 0.368 e. The lowest BCUT2D eigenvalue weighted by atomic mass is 10.1. The Hall–Kier alpha value is -3.52. The van der Waals surface area contributed by atoms with Gasteiger partial charge in [-0.2, -0.15) is 9.36 Å². The van der Waals surface area contributed by atoms with E-state index < -0.39 is 0 Å². The normalized spacial score (nSPS) is 11.1. The van der Waals surface area contributed by atoms with E-state index in [4.69, 9.17) is 27.2 Å². The highest BCUT2D eigenvalue weighted by Gasteiger charge is 2.14. The molecule has 0 bridgehead atoms. The van der Waals surface area contributed by atoms with Crippen molar-refractivity contribution >= 4 is 22.5 Å². The van der Waals surface area contributed by atoms with Gasteiger partial charge in [0.1, 0.15) is 12.4 Å². The zero-order valence-corrected chi connectivity index (χ0v) is 17.6. The second kappa shape index (κ2) is 8.87. The predicted molar refractivity (Wildman–Crippen MR) is 116 cm³/mol. The minimum absolute atomic E-state index is 0.118. The van der Waals surface area contributed by atoms with Gasteiger partial charge in [-0.3, -0.25) is 0 Å². The van der Waals surface area contributed by atoms with E-state index in [1.807, 2.05) is 44.2 Å². The van der Waals surface area contributed by atoms with Crippen LogP contribution in [0.15, 0.2) is 53.3 Å². The Bertz CT molecular complexity index is 1210. The fraction of sp³-hybridized carbons (Fsp3) is 0.190. The molecule has 2 aromatic carbocycles. The lowest BCUT2D eigenvalue weighted by molar-refractivity contribution is -0.107. The average molecular weight is 426 g/mol. The van der Waals surface area contributed by atoms with E-state index in [0.29, 0.717) is 11.4 Å². The van der Waals surface area contributed by atoms with Crippen molar-refractivity contribution in [2.24, 2.45) is 7.05 Å². The first-order chi connectivity index (χ1) is 14.3. The predicted octanol–water partition coefficient (Wildman–Crippen LogP) is 1.48. The second-order valence-electron chi connectivity index (χ2n) is 6.77. The highest BCUT2D eigenvalue weighted by molar-refractivity contribution is 6.66. The first kappa shape index (κ1) is 21.2. The van der Waals surface area contributed by atoms with Gasteiger partial charge >= 0.3 is 5.69 Å². The molecule has 3 aromatic rings. The number of nitrogens with zero attached hydrogens (tertiary/aromatic N) is 4. The molecule has 0 atom stereocenters. The lowest BCUT2D eigenvalue weighted by Crippen LogP contribution is -2.34. The molecular formula is C21H22ClN6O2+. The van der Waals surface area contributed by atoms with E-state index in [1.54, 1.807) is 13.1 Å². The van der Waals surface area contributed by atoms with Crippen LogP contribution in [0, 0.1) is 19.3 Å². The van der Waals surface area contributed by atoms with Gasteiger partial charge in [0.2, 0.25) is 0 Å². The summed E-state index contributed by atoms with van der Waals surface area (Å²) in [7, 11) is 1.55. The number of allylic oxidation sites excluding steroid dienone is 2. The number of ether oxygens (including phenoxy) is 1. The molecule has 3 N–H and O–H groups in total. The molecule has 0 radical (unpaired) electrons. The molecule has 1 aromatic heterocycles. The summed E-state index contributed by atoms with van der Waals surface area (Å²) < 4.78 is 8.48. The molecule has 0 amide bonds. The number of rotatable bonds is 7. The Kier molecular flexibility index (Phi) is 6.27. The summed E-state index contributed by atoms with van der Waals surface area (Å²) in [5.41, 5.74) is 4.00. The summed E-state index contributed by atoms with van der Waals surface area (Å²) in [6.07, 6.45) is 3.01. The number of aryl methyl sites for hydroxylation is 3. The van der Waals surface area contributed by atoms with Crippen molar-refractivity contribution in [3.8, 4) is 11.4 Å². The quantitative estimate of drug-likeness (QED) is 0.558. The minimum Gasteiger partial charge on any atom is -0.489 e. The first-order valence-electron chi connectivity index (χ1n) is 9.14. The molecule has 0 aliphatic rings. The van der Waals surface area contributed by atoms with E-state index >= 15 is 0 Å². The number of tetrazole rings is 1. The lowest BCUT2D eigenvalue weighted by Gasteiger charge is -2.14. The maximum Gasteiger partial charge on any atom is 0.368 e. The molecule has 30 heavy (non-hydrogen) atoms. The van der Waals surface area contributed by atoms with Crippen molar-refractivity contribution in [1.29, 1.82) is 5.41 Å². The Balaban J connectivity index is 1.84. The molecule has 1 heterocycles. The van der Waals surface area contributed by atoms with E-state index in [9.17, 15) is 4.79 Å². The van der Waals surface area contributed by atoms with Crippen LogP contribution in [0.5, 0.6) is 5.75 Å². The van der Waals surface area contributed by atoms with Gasteiger partial charge < -0.3 is 10.1 Å². The molecular weight excluding hydrogens is 404 g/mol. The zero-order chi connectivity index (χ0) is 21.8. The Labute approximate surface area is 178 Å². The van der Waals surface area contributed by atoms with Crippen molar-refractivity contribution < 1.29 is 10.1 Å². The fourth-order valence-corrected chi connectivity index (χ4v) is 2.99. The zero-order valence-electron chi connectivity index (χ0n) is 16.9. The summed E-state index contributed by atoms with van der Waals surface area (Å²) in [6, 6.07) is 11.1. The van der Waals surface area contributed by atoms with Crippen LogP contribution >= 0.6 is 11.6 Å². The molecule has 0 saturated carbocycles. The van der Waals surface area contributed by atoms with Crippen LogP contribution in [0.25, 0.3) is 5.69 Å². The molecule has 0 aliphatic heterocycles. The third kappa shape index (κ3) is 4.55. The number of halogens is 1. The number of benzene rings is 2. The Morgan fingerprint density at radius 2 is 1.97 bits per heavy atom. The van der Waals surface area contributed by atoms with E-state index in [-0.39, 0.29) is 23.2 Å². The van der Waals surface area contributed by atoms with Gasteiger partial charge in [0.05, 0.1) is 11.4 Å². The molecule has 0 spiro atoms. The van der Waals surface area contributed by atoms with Crippen molar-refractivity contribution in [3.05, 3.63) is 81.3 Å². The summed E-state index contributed by atoms with van der Waals surface area (Å²) >= 11 is 5.61. The maximum absolute atomic E-state index is 12.3. The van der Waals surface area contributed by atoms with Gasteiger partial charge in [-0.05, 0) is 82.9 Å². The largest absolute Gasteiger partial charge is 0.489 e. The third-order valence-corrected chi connectivity index (χ3v) is 4.73. The van der Waals surface area contributed by atoms with Crippen molar-refractivity contribution in [2.75, 3.05) is 0 Å². The van der Waals surface area contributed by atoms with Crippen LogP contribution < -0.4 is 15.8 Å². The van der Waals surface area contributed by atoms with Gasteiger partial charge in [0.25, 0.3) is 5.17 Å². The Morgan fingerprint density at radius 1 is 1.20 bits per heavy atom. The first-order valence-corrected chi connectivity index (χ1v) is 9.52. The summed E-state index contributed by atoms with van der Waals surface area (Å²) in [4.78, 5) is 12.3. The maximum atomic E-state index is 12.3. The van der Waals surface area contributed by atoms with Crippen LogP contribution in [-0.4, -0.2) is 30.7 Å². The van der Waals surface area contributed by atoms with Gasteiger partial charge in [0.15, 0.2) is 0 Å². The van der Waals surface area contributed by atoms with Crippen molar-refractivity contribution in [3.63, 3.8) is 0 Å². The third-order valence-electron chi connectivity index (χ3n) is 4.60. The molecule has 3 rings (SSSR count). The molecule has 9 heteroatoms. The highest BCUT2D eigenvalue weighted by Crippen LogP contribution is 2.24. The monoisotopic (exact) mass is 425 g/mol. The average Bonchev–Trinajstić information content (AvgIpc) is 3.04. The fourth-order valence-electron chi connectivity index (χ4n) is 2.93. The SMILES string of the molecule is Cc1cc(C(=N)/C=C\C(=[NH2+])Cl)ccc1OCc1c(C)cccc1-n1nnn(C)c1=O. The molecule has 154 valence electrons. The Morgan fingerprint density at radius 3 is 2.60 bits per heavy atom. The highest BCUT2D eigenvalue weighted by atomic mass is 35.5. The van der Waals surface area contributed by atoms with Crippen LogP contribution in [0.4, 0.5) is 0 Å². The minimum atomic E-state index is -0.330. The molecule has 0 saturated heterocycles. The van der Waals surface area contributed by atoms with Crippen molar-refractivity contribution in [2.45, 2.75) is 20.5 Å². The number of hydrogen-bond acceptors (Lipinski definition) is 5. The molecule has 0 unspecified atom stereocenters. The van der Waals surface area contributed by atoms with Crippen LogP contribution in [0.1, 0.15) is 22.3 Å². The molecule has 0 fully saturated rings. The summed E-state index contributed by atoms with van der Waals surface area (Å²) in [5, 5.41) is 21.3. The van der Waals surface area contributed by atoms with Crippen LogP contribution in [0.2, 0.25) is 0 Å². The summed E-state index contributed by atoms with van der Waals surface area (Å²) in [6.45, 7) is 4.11. The molecule has 8 nitrogen and oxygen atoms in total. The molecule has 0 aliphatic carbocycles. The van der Waals surface area contributed by atoms with Crippen LogP contribution in [0.3, 0.4) is 0 Å². The van der Waals surface area contributed by atoms with Gasteiger partial charge in [-0.1, -0.05) is 12.1 Å². The van der Waals surface area contributed by atoms with Crippen LogP contribution in [-0.2, 0) is 13.7 Å². The van der Waals surface area contributed by atoms with E-state index in [1.165, 1.54) is 21.5 Å². The number of nitrogens with one attached hydrogen (secondary N) is 1. The number of aromatic nitrogens is 4. The van der Waals surface area contributed by atoms with E-state index in [2.05, 4.69) is 10.4 Å². The number of hydrogen-bond donors (Lipinski definition) is 2. The van der Waals surface area contributed by atoms with Gasteiger partial charge in [0, 0.05) is 18.7 Å². The van der Waals surface area contributed by atoms with Crippen molar-refractivity contribution in [1.82, 2.24) is 19.8 Å². The van der Waals surface area contributed by atoms with E-state index in [0.717, 1.165) is 22.3 Å². The van der Waals surface area contributed by atoms with Gasteiger partial charge in [-0.25, -0.2) is 10.2 Å². The summed E-state index contributed by atoms with van der Waals surface area (Å²) in [5.74, 6) is 0.680. The standard InChI is InChI=1S/C21H21ClN6O2/c1-13-5-4-6-18(28-21(29)27(3)25-26-28)16(13)12-30-19-9-7-15(11-14(19)2)17(23)8-10-20(22)24/h4-11,23-24H,12H2,1-3H3/p+1/b10-8-,23-17?,24-20?. The van der Waals surface area contributed by atoms with Gasteiger partial charge in [-0.15, -0.1) is 0 Å².